The number of hydrogen-bond acceptors (Lipinski definition) is 6. The van der Waals surface area contributed by atoms with E-state index in [2.05, 4.69) is 4.98 Å². The molecule has 1 amide bonds. The van der Waals surface area contributed by atoms with Crippen molar-refractivity contribution in [3.8, 4) is 11.1 Å². The summed E-state index contributed by atoms with van der Waals surface area (Å²) in [4.78, 5) is 31.1. The van der Waals surface area contributed by atoms with Gasteiger partial charge in [0.15, 0.2) is 21.4 Å². The molecule has 13 heteroatoms. The number of ether oxygens (including phenoxy) is 1. The Hall–Kier alpha value is -4.13. The molecule has 2 fully saturated rings. The third-order valence-corrected chi connectivity index (χ3v) is 7.89. The molecule has 1 aromatic heterocycles. The number of halogens is 1. The van der Waals surface area contributed by atoms with Crippen LogP contribution >= 0.6 is 0 Å². The molecule has 3 heterocycles. The van der Waals surface area contributed by atoms with Gasteiger partial charge in [0.05, 0.1) is 36.9 Å². The highest BCUT2D eigenvalue weighted by Crippen LogP contribution is 2.40. The Morgan fingerprint density at radius 2 is 2.00 bits per heavy atom. The molecule has 2 aliphatic heterocycles. The minimum absolute atomic E-state index is 0.0110. The number of likely N-dealkylation sites (tertiary alicyclic amines) is 1. The van der Waals surface area contributed by atoms with Gasteiger partial charge in [-0.3, -0.25) is 10.3 Å². The number of aromatic amines is 1. The standard InChI is InChI=1S/C25H26FN5O6S/c1-13(31-12-25(37-24(31)34)10-30(11-25)23(27)28)16-4-3-5-17-19(21(22(32)33)29-20(16)17)14-6-7-15(18(26)8-14)9-38(2,35)36/h3-8,13,29H,9-12H2,1-2H3,(H3,27,28)(H,32,33)/t13-/m0/s1. The predicted octanol–water partition coefficient (Wildman–Crippen LogP) is 2.68. The maximum atomic E-state index is 14.8. The molecule has 38 heavy (non-hydrogen) atoms. The number of aromatic nitrogens is 1. The Labute approximate surface area is 217 Å². The van der Waals surface area contributed by atoms with E-state index >= 15 is 0 Å². The molecule has 5 rings (SSSR count). The smallest absolute Gasteiger partial charge is 0.411 e. The molecular weight excluding hydrogens is 517 g/mol. The van der Waals surface area contributed by atoms with Gasteiger partial charge >= 0.3 is 12.1 Å². The van der Waals surface area contributed by atoms with Crippen molar-refractivity contribution in [2.24, 2.45) is 5.73 Å². The summed E-state index contributed by atoms with van der Waals surface area (Å²) in [5, 5.41) is 18.0. The number of H-pyrrole nitrogens is 1. The number of guanidine groups is 1. The van der Waals surface area contributed by atoms with Gasteiger partial charge in [0.2, 0.25) is 0 Å². The number of aromatic carboxylic acids is 1. The number of benzene rings is 2. The van der Waals surface area contributed by atoms with E-state index < -0.39 is 45.1 Å². The lowest BCUT2D eigenvalue weighted by molar-refractivity contribution is -0.0414. The van der Waals surface area contributed by atoms with Crippen LogP contribution in [0.2, 0.25) is 0 Å². The Morgan fingerprint density at radius 1 is 1.29 bits per heavy atom. The molecule has 1 atom stereocenters. The molecule has 1 spiro atoms. The number of sulfone groups is 1. The fraction of sp³-hybridized carbons (Fsp3) is 0.320. The zero-order valence-electron chi connectivity index (χ0n) is 20.6. The Kier molecular flexibility index (Phi) is 5.86. The average molecular weight is 544 g/mol. The van der Waals surface area contributed by atoms with E-state index in [0.717, 1.165) is 12.3 Å². The van der Waals surface area contributed by atoms with Crippen LogP contribution in [0.5, 0.6) is 0 Å². The third kappa shape index (κ3) is 4.32. The van der Waals surface area contributed by atoms with Crippen LogP contribution in [0.3, 0.4) is 0 Å². The molecule has 11 nitrogen and oxygen atoms in total. The molecule has 0 unspecified atom stereocenters. The van der Waals surface area contributed by atoms with Crippen molar-refractivity contribution in [2.45, 2.75) is 24.3 Å². The van der Waals surface area contributed by atoms with Crippen LogP contribution in [-0.4, -0.2) is 77.8 Å². The zero-order chi connectivity index (χ0) is 27.6. The first-order valence-corrected chi connectivity index (χ1v) is 13.8. The number of amides is 1. The minimum Gasteiger partial charge on any atom is -0.477 e. The maximum absolute atomic E-state index is 14.8. The number of rotatable bonds is 6. The molecule has 0 radical (unpaired) electrons. The first-order chi connectivity index (χ1) is 17.8. The Balaban J connectivity index is 1.53. The zero-order valence-corrected chi connectivity index (χ0v) is 21.4. The summed E-state index contributed by atoms with van der Waals surface area (Å²) in [5.41, 5.74) is 6.22. The lowest BCUT2D eigenvalue weighted by Gasteiger charge is -2.45. The van der Waals surface area contributed by atoms with E-state index in [1.54, 1.807) is 34.9 Å². The molecule has 0 bridgehead atoms. The number of carboxylic acid groups (broad SMARTS) is 1. The highest BCUT2D eigenvalue weighted by molar-refractivity contribution is 7.89. The normalized spacial score (nSPS) is 17.5. The van der Waals surface area contributed by atoms with E-state index in [4.69, 9.17) is 15.9 Å². The summed E-state index contributed by atoms with van der Waals surface area (Å²) in [6.07, 6.45) is 0.486. The molecule has 2 saturated heterocycles. The van der Waals surface area contributed by atoms with Crippen molar-refractivity contribution >= 4 is 38.8 Å². The topological polar surface area (TPSA) is 170 Å². The minimum atomic E-state index is -3.47. The third-order valence-electron chi connectivity index (χ3n) is 7.05. The number of nitrogens with one attached hydrogen (secondary N) is 2. The van der Waals surface area contributed by atoms with Crippen molar-refractivity contribution < 1.29 is 32.2 Å². The van der Waals surface area contributed by atoms with Crippen molar-refractivity contribution in [3.63, 3.8) is 0 Å². The van der Waals surface area contributed by atoms with Gasteiger partial charge in [-0.25, -0.2) is 22.4 Å². The van der Waals surface area contributed by atoms with Gasteiger partial charge in [0, 0.05) is 22.8 Å². The van der Waals surface area contributed by atoms with Crippen LogP contribution in [-0.2, 0) is 20.3 Å². The molecule has 200 valence electrons. The fourth-order valence-corrected chi connectivity index (χ4v) is 6.05. The van der Waals surface area contributed by atoms with Crippen LogP contribution in [0, 0.1) is 11.2 Å². The summed E-state index contributed by atoms with van der Waals surface area (Å²) in [6, 6.07) is 8.66. The van der Waals surface area contributed by atoms with E-state index in [1.165, 1.54) is 12.1 Å². The SMILES string of the molecule is C[C@@H](c1cccc2c(-c3ccc(CS(C)(=O)=O)c(F)c3)c(C(=O)O)[nH]c12)N1CC2(CN(C(=N)N)C2)OC1=O. The molecule has 2 aliphatic rings. The molecule has 5 N–H and O–H groups in total. The van der Waals surface area contributed by atoms with Crippen LogP contribution in [0.25, 0.3) is 22.0 Å². The summed E-state index contributed by atoms with van der Waals surface area (Å²) >= 11 is 0. The van der Waals surface area contributed by atoms with Crippen LogP contribution in [0.15, 0.2) is 36.4 Å². The molecule has 2 aromatic carbocycles. The summed E-state index contributed by atoms with van der Waals surface area (Å²) in [6.45, 7) is 2.72. The van der Waals surface area contributed by atoms with Gasteiger partial charge < -0.3 is 25.5 Å². The molecule has 3 aromatic rings. The lowest BCUT2D eigenvalue weighted by Crippen LogP contribution is -2.66. The van der Waals surface area contributed by atoms with Crippen molar-refractivity contribution in [2.75, 3.05) is 25.9 Å². The number of hydrogen-bond donors (Lipinski definition) is 4. The van der Waals surface area contributed by atoms with E-state index in [9.17, 15) is 27.5 Å². The van der Waals surface area contributed by atoms with Gasteiger partial charge in [-0.15, -0.1) is 0 Å². The predicted molar refractivity (Wildman–Crippen MR) is 137 cm³/mol. The van der Waals surface area contributed by atoms with Gasteiger partial charge in [-0.1, -0.05) is 30.3 Å². The monoisotopic (exact) mass is 543 g/mol. The largest absolute Gasteiger partial charge is 0.477 e. The second kappa shape index (κ2) is 8.72. The summed E-state index contributed by atoms with van der Waals surface area (Å²) in [7, 11) is -3.47. The first-order valence-electron chi connectivity index (χ1n) is 11.7. The first kappa shape index (κ1) is 25.5. The summed E-state index contributed by atoms with van der Waals surface area (Å²) in [5.74, 6) is -2.58. The van der Waals surface area contributed by atoms with Gasteiger partial charge in [0.25, 0.3) is 0 Å². The van der Waals surface area contributed by atoms with Crippen molar-refractivity contribution in [3.05, 3.63) is 59.0 Å². The number of carboxylic acids is 1. The van der Waals surface area contributed by atoms with Crippen LogP contribution in [0.4, 0.5) is 9.18 Å². The molecule has 0 saturated carbocycles. The number of nitrogens with zero attached hydrogens (tertiary/aromatic N) is 2. The number of fused-ring (bicyclic) bond motifs is 1. The maximum Gasteiger partial charge on any atom is 0.411 e. The Morgan fingerprint density at radius 3 is 2.61 bits per heavy atom. The second-order valence-electron chi connectivity index (χ2n) is 9.92. The van der Waals surface area contributed by atoms with E-state index in [-0.39, 0.29) is 34.9 Å². The second-order valence-corrected chi connectivity index (χ2v) is 12.1. The summed E-state index contributed by atoms with van der Waals surface area (Å²) < 4.78 is 43.7. The van der Waals surface area contributed by atoms with Crippen molar-refractivity contribution in [1.29, 1.82) is 5.41 Å². The van der Waals surface area contributed by atoms with Crippen LogP contribution < -0.4 is 5.73 Å². The Bertz CT molecular complexity index is 1610. The number of carbonyl (C=O) groups is 2. The van der Waals surface area contributed by atoms with Gasteiger partial charge in [0.1, 0.15) is 11.5 Å². The van der Waals surface area contributed by atoms with Crippen LogP contribution in [0.1, 0.15) is 34.6 Å². The van der Waals surface area contributed by atoms with Gasteiger partial charge in [-0.05, 0) is 24.1 Å². The van der Waals surface area contributed by atoms with Crippen molar-refractivity contribution in [1.82, 2.24) is 14.8 Å². The average Bonchev–Trinajstić information content (AvgIpc) is 3.36. The highest BCUT2D eigenvalue weighted by Gasteiger charge is 2.55. The molecular formula is C25H26FN5O6S. The van der Waals surface area contributed by atoms with Gasteiger partial charge in [-0.2, -0.15) is 0 Å². The van der Waals surface area contributed by atoms with E-state index in [1.807, 2.05) is 0 Å². The lowest BCUT2D eigenvalue weighted by atomic mass is 9.93. The molecule has 0 aliphatic carbocycles. The number of nitrogens with two attached hydrogens (primary N) is 1. The quantitative estimate of drug-likeness (QED) is 0.272. The number of para-hydroxylation sites is 1. The number of carbonyl (C=O) groups excluding carboxylic acids is 1. The van der Waals surface area contributed by atoms with E-state index in [0.29, 0.717) is 29.6 Å². The highest BCUT2D eigenvalue weighted by atomic mass is 32.2. The fourth-order valence-electron chi connectivity index (χ4n) is 5.25.